The maximum atomic E-state index is 11.9. The third-order valence-corrected chi connectivity index (χ3v) is 3.47. The number of carbonyl (C=O) groups excluding carboxylic acids is 1. The van der Waals surface area contributed by atoms with Crippen molar-refractivity contribution in [2.75, 3.05) is 5.88 Å². The van der Waals surface area contributed by atoms with Crippen molar-refractivity contribution in [3.05, 3.63) is 36.2 Å². The summed E-state index contributed by atoms with van der Waals surface area (Å²) in [7, 11) is 0. The van der Waals surface area contributed by atoms with E-state index in [1.54, 1.807) is 4.52 Å². The first-order valence-corrected chi connectivity index (χ1v) is 6.34. The third kappa shape index (κ3) is 2.64. The van der Waals surface area contributed by atoms with Gasteiger partial charge in [-0.05, 0) is 32.0 Å². The van der Waals surface area contributed by atoms with Crippen LogP contribution in [0, 0.1) is 5.41 Å². The number of amides is 1. The van der Waals surface area contributed by atoms with Crippen LogP contribution in [0.3, 0.4) is 0 Å². The van der Waals surface area contributed by atoms with Crippen molar-refractivity contribution < 1.29 is 4.79 Å². The summed E-state index contributed by atoms with van der Waals surface area (Å²) in [5.74, 6) is 0.235. The lowest BCUT2D eigenvalue weighted by molar-refractivity contribution is -0.128. The quantitative estimate of drug-likeness (QED) is 0.862. The Balaban J connectivity index is 2.04. The molecule has 0 aromatic carbocycles. The summed E-state index contributed by atoms with van der Waals surface area (Å²) in [5, 5.41) is 7.21. The zero-order chi connectivity index (χ0) is 13.2. The number of pyridine rings is 1. The molecule has 0 radical (unpaired) electrons. The minimum atomic E-state index is -0.555. The van der Waals surface area contributed by atoms with Gasteiger partial charge in [-0.2, -0.15) is 5.10 Å². The van der Waals surface area contributed by atoms with Gasteiger partial charge in [0.15, 0.2) is 0 Å². The largest absolute Gasteiger partial charge is 0.350 e. The number of nitrogens with one attached hydrogen (secondary N) is 1. The molecule has 96 valence electrons. The summed E-state index contributed by atoms with van der Waals surface area (Å²) in [6.07, 6.45) is 1.88. The molecule has 2 heterocycles. The SMILES string of the molecule is CC(C)(CCl)C(=O)NCc1cc2ccccn2n1. The molecule has 4 nitrogen and oxygen atoms in total. The van der Waals surface area contributed by atoms with E-state index in [-0.39, 0.29) is 5.91 Å². The van der Waals surface area contributed by atoms with E-state index in [0.717, 1.165) is 11.2 Å². The van der Waals surface area contributed by atoms with Crippen molar-refractivity contribution in [1.29, 1.82) is 0 Å². The molecule has 0 spiro atoms. The number of fused-ring (bicyclic) bond motifs is 1. The molecule has 1 N–H and O–H groups in total. The number of carbonyl (C=O) groups is 1. The highest BCUT2D eigenvalue weighted by Gasteiger charge is 2.26. The van der Waals surface area contributed by atoms with E-state index in [1.807, 2.05) is 44.3 Å². The molecule has 0 aliphatic heterocycles. The van der Waals surface area contributed by atoms with Gasteiger partial charge in [0, 0.05) is 12.1 Å². The van der Waals surface area contributed by atoms with Crippen molar-refractivity contribution in [1.82, 2.24) is 14.9 Å². The van der Waals surface area contributed by atoms with Crippen LogP contribution in [0.4, 0.5) is 0 Å². The van der Waals surface area contributed by atoms with Gasteiger partial charge < -0.3 is 5.32 Å². The van der Waals surface area contributed by atoms with Crippen LogP contribution in [0.1, 0.15) is 19.5 Å². The van der Waals surface area contributed by atoms with Crippen LogP contribution < -0.4 is 5.32 Å². The number of aromatic nitrogens is 2. The average Bonchev–Trinajstić information content (AvgIpc) is 2.78. The number of alkyl halides is 1. The Kier molecular flexibility index (Phi) is 3.57. The first-order chi connectivity index (χ1) is 8.53. The monoisotopic (exact) mass is 265 g/mol. The first kappa shape index (κ1) is 12.9. The Hall–Kier alpha value is -1.55. The van der Waals surface area contributed by atoms with Crippen LogP contribution in [-0.4, -0.2) is 21.4 Å². The molecule has 2 aromatic heterocycles. The number of hydrogen-bond donors (Lipinski definition) is 1. The minimum absolute atomic E-state index is 0.0606. The third-order valence-electron chi connectivity index (χ3n) is 2.80. The highest BCUT2D eigenvalue weighted by molar-refractivity contribution is 6.19. The smallest absolute Gasteiger partial charge is 0.227 e. The number of nitrogens with zero attached hydrogens (tertiary/aromatic N) is 2. The Morgan fingerprint density at radius 3 is 2.94 bits per heavy atom. The topological polar surface area (TPSA) is 46.4 Å². The Labute approximate surface area is 111 Å². The average molecular weight is 266 g/mol. The molecular weight excluding hydrogens is 250 g/mol. The van der Waals surface area contributed by atoms with Gasteiger partial charge in [-0.15, -0.1) is 11.6 Å². The van der Waals surface area contributed by atoms with Crippen molar-refractivity contribution in [2.24, 2.45) is 5.41 Å². The molecule has 0 bridgehead atoms. The Bertz CT molecular complexity index is 529. The summed E-state index contributed by atoms with van der Waals surface area (Å²) < 4.78 is 1.79. The summed E-state index contributed by atoms with van der Waals surface area (Å²) in [4.78, 5) is 11.9. The fourth-order valence-electron chi connectivity index (χ4n) is 1.55. The maximum Gasteiger partial charge on any atom is 0.227 e. The second-order valence-corrected chi connectivity index (χ2v) is 5.17. The molecule has 2 rings (SSSR count). The van der Waals surface area contributed by atoms with E-state index in [4.69, 9.17) is 11.6 Å². The molecule has 0 saturated carbocycles. The van der Waals surface area contributed by atoms with Crippen LogP contribution in [0.25, 0.3) is 5.52 Å². The fourth-order valence-corrected chi connectivity index (χ4v) is 1.67. The molecule has 0 aliphatic carbocycles. The van der Waals surface area contributed by atoms with Crippen molar-refractivity contribution >= 4 is 23.0 Å². The number of hydrogen-bond acceptors (Lipinski definition) is 2. The van der Waals surface area contributed by atoms with E-state index in [1.165, 1.54) is 0 Å². The highest BCUT2D eigenvalue weighted by Crippen LogP contribution is 2.17. The lowest BCUT2D eigenvalue weighted by Gasteiger charge is -2.19. The van der Waals surface area contributed by atoms with E-state index in [2.05, 4.69) is 10.4 Å². The molecule has 0 unspecified atom stereocenters. The second-order valence-electron chi connectivity index (χ2n) is 4.91. The summed E-state index contributed by atoms with van der Waals surface area (Å²) >= 11 is 5.75. The zero-order valence-electron chi connectivity index (χ0n) is 10.5. The number of halogens is 1. The summed E-state index contributed by atoms with van der Waals surface area (Å²) in [5.41, 5.74) is 1.29. The van der Waals surface area contributed by atoms with Gasteiger partial charge in [0.1, 0.15) is 0 Å². The molecule has 0 atom stereocenters. The van der Waals surface area contributed by atoms with Gasteiger partial charge in [0.25, 0.3) is 0 Å². The van der Waals surface area contributed by atoms with Crippen LogP contribution in [0.15, 0.2) is 30.5 Å². The van der Waals surface area contributed by atoms with Gasteiger partial charge in [-0.3, -0.25) is 4.79 Å². The first-order valence-electron chi connectivity index (χ1n) is 5.80. The molecule has 1 amide bonds. The van der Waals surface area contributed by atoms with Gasteiger partial charge in [-0.1, -0.05) is 6.07 Å². The van der Waals surface area contributed by atoms with E-state index < -0.39 is 5.41 Å². The molecule has 18 heavy (non-hydrogen) atoms. The zero-order valence-corrected chi connectivity index (χ0v) is 11.2. The maximum absolute atomic E-state index is 11.9. The summed E-state index contributed by atoms with van der Waals surface area (Å²) in [6.45, 7) is 4.05. The van der Waals surface area contributed by atoms with Gasteiger partial charge >= 0.3 is 0 Å². The summed E-state index contributed by atoms with van der Waals surface area (Å²) in [6, 6.07) is 7.80. The predicted molar refractivity (Wildman–Crippen MR) is 71.5 cm³/mol. The van der Waals surface area contributed by atoms with Gasteiger partial charge in [0.05, 0.1) is 23.2 Å². The van der Waals surface area contributed by atoms with Crippen LogP contribution >= 0.6 is 11.6 Å². The molecule has 2 aromatic rings. The second kappa shape index (κ2) is 4.98. The normalized spacial score (nSPS) is 11.7. The van der Waals surface area contributed by atoms with Gasteiger partial charge in [0.2, 0.25) is 5.91 Å². The molecule has 5 heteroatoms. The van der Waals surface area contributed by atoms with E-state index >= 15 is 0 Å². The highest BCUT2D eigenvalue weighted by atomic mass is 35.5. The van der Waals surface area contributed by atoms with Crippen LogP contribution in [0.5, 0.6) is 0 Å². The molecule has 0 fully saturated rings. The van der Waals surface area contributed by atoms with Crippen LogP contribution in [0.2, 0.25) is 0 Å². The van der Waals surface area contributed by atoms with E-state index in [0.29, 0.717) is 12.4 Å². The molecular formula is C13H16ClN3O. The Morgan fingerprint density at radius 1 is 1.50 bits per heavy atom. The van der Waals surface area contributed by atoms with Crippen molar-refractivity contribution in [3.8, 4) is 0 Å². The molecule has 0 saturated heterocycles. The van der Waals surface area contributed by atoms with E-state index in [9.17, 15) is 4.79 Å². The standard InChI is InChI=1S/C13H16ClN3O/c1-13(2,9-14)12(18)15-8-10-7-11-5-3-4-6-17(11)16-10/h3-7H,8-9H2,1-2H3,(H,15,18). The minimum Gasteiger partial charge on any atom is -0.350 e. The molecule has 0 aliphatic rings. The lowest BCUT2D eigenvalue weighted by Crippen LogP contribution is -2.37. The van der Waals surface area contributed by atoms with Gasteiger partial charge in [-0.25, -0.2) is 4.52 Å². The Morgan fingerprint density at radius 2 is 2.28 bits per heavy atom. The lowest BCUT2D eigenvalue weighted by atomic mass is 9.95. The van der Waals surface area contributed by atoms with Crippen molar-refractivity contribution in [3.63, 3.8) is 0 Å². The van der Waals surface area contributed by atoms with Crippen LogP contribution in [-0.2, 0) is 11.3 Å². The fraction of sp³-hybridized carbons (Fsp3) is 0.385. The number of rotatable bonds is 4. The van der Waals surface area contributed by atoms with Crippen molar-refractivity contribution in [2.45, 2.75) is 20.4 Å². The predicted octanol–water partition coefficient (Wildman–Crippen LogP) is 2.22.